The normalized spacial score (nSPS) is 21.9. The summed E-state index contributed by atoms with van der Waals surface area (Å²) in [5.74, 6) is 1.12. The van der Waals surface area contributed by atoms with E-state index in [1.54, 1.807) is 0 Å². The number of thioether (sulfide) groups is 1. The summed E-state index contributed by atoms with van der Waals surface area (Å²) < 4.78 is 1.94. The van der Waals surface area contributed by atoms with Crippen LogP contribution in [0.3, 0.4) is 0 Å². The van der Waals surface area contributed by atoms with E-state index in [0.29, 0.717) is 12.1 Å². The summed E-state index contributed by atoms with van der Waals surface area (Å²) in [5, 5.41) is 8.71. The van der Waals surface area contributed by atoms with Gasteiger partial charge in [0.2, 0.25) is 0 Å². The highest BCUT2D eigenvalue weighted by Gasteiger charge is 2.17. The second kappa shape index (κ2) is 5.39. The Labute approximate surface area is 101 Å². The van der Waals surface area contributed by atoms with E-state index in [1.807, 2.05) is 34.9 Å². The Kier molecular flexibility index (Phi) is 3.88. The molecule has 2 unspecified atom stereocenters. The van der Waals surface area contributed by atoms with Crippen LogP contribution in [0.15, 0.2) is 23.5 Å². The van der Waals surface area contributed by atoms with Crippen LogP contribution in [0.25, 0.3) is 0 Å². The molecule has 1 aliphatic rings. The maximum Gasteiger partial charge on any atom is 0.157 e. The summed E-state index contributed by atoms with van der Waals surface area (Å²) in [6, 6.07) is 2.81. The van der Waals surface area contributed by atoms with Gasteiger partial charge in [-0.2, -0.15) is 5.10 Å². The molecule has 1 N–H and O–H groups in total. The average Bonchev–Trinajstić information content (AvgIpc) is 2.89. The lowest BCUT2D eigenvalue weighted by atomic mass is 10.3. The molecule has 0 aliphatic carbocycles. The van der Waals surface area contributed by atoms with Crippen molar-refractivity contribution in [3.63, 3.8) is 0 Å². The van der Waals surface area contributed by atoms with Gasteiger partial charge in [-0.25, -0.2) is 0 Å². The van der Waals surface area contributed by atoms with Crippen LogP contribution < -0.4 is 5.32 Å². The van der Waals surface area contributed by atoms with Crippen molar-refractivity contribution in [2.24, 2.45) is 4.99 Å². The Morgan fingerprint density at radius 3 is 3.19 bits per heavy atom. The van der Waals surface area contributed by atoms with Crippen molar-refractivity contribution < 1.29 is 0 Å². The number of rotatable bonds is 4. The van der Waals surface area contributed by atoms with Gasteiger partial charge in [0.05, 0.1) is 12.6 Å². The maximum atomic E-state index is 4.61. The maximum absolute atomic E-state index is 4.61. The molecule has 88 valence electrons. The van der Waals surface area contributed by atoms with Crippen LogP contribution in [0.2, 0.25) is 0 Å². The van der Waals surface area contributed by atoms with E-state index in [0.717, 1.165) is 23.9 Å². The molecule has 1 aliphatic heterocycles. The number of hydrogen-bond donors (Lipinski definition) is 1. The molecule has 2 heterocycles. The van der Waals surface area contributed by atoms with E-state index in [2.05, 4.69) is 29.3 Å². The predicted molar refractivity (Wildman–Crippen MR) is 68.8 cm³/mol. The van der Waals surface area contributed by atoms with E-state index < -0.39 is 0 Å². The number of hydrogen-bond acceptors (Lipinski definition) is 4. The quantitative estimate of drug-likeness (QED) is 0.869. The number of aromatic nitrogens is 2. The molecule has 0 amide bonds. The molecule has 0 saturated heterocycles. The molecular weight excluding hydrogens is 220 g/mol. The molecule has 2 rings (SSSR count). The summed E-state index contributed by atoms with van der Waals surface area (Å²) in [7, 11) is 0. The highest BCUT2D eigenvalue weighted by atomic mass is 32.2. The van der Waals surface area contributed by atoms with Crippen molar-refractivity contribution in [1.82, 2.24) is 15.1 Å². The minimum Gasteiger partial charge on any atom is -0.361 e. The number of nitrogens with zero attached hydrogens (tertiary/aromatic N) is 3. The standard InChI is InChI=1S/C11H18N4S/c1-3-10-8-16-11(14-10)13-9(2)7-15-6-4-5-12-15/h4-6,9-10H,3,7-8H2,1-2H3,(H,13,14). The SMILES string of the molecule is CCC1CSC(NC(C)Cn2cccn2)=N1. The molecule has 5 heteroatoms. The van der Waals surface area contributed by atoms with Crippen LogP contribution in [-0.2, 0) is 6.54 Å². The summed E-state index contributed by atoms with van der Waals surface area (Å²) in [5.41, 5.74) is 0. The Morgan fingerprint density at radius 2 is 2.56 bits per heavy atom. The minimum absolute atomic E-state index is 0.363. The molecule has 16 heavy (non-hydrogen) atoms. The van der Waals surface area contributed by atoms with Crippen LogP contribution in [0.4, 0.5) is 0 Å². The largest absolute Gasteiger partial charge is 0.361 e. The van der Waals surface area contributed by atoms with Crippen molar-refractivity contribution in [2.75, 3.05) is 5.75 Å². The van der Waals surface area contributed by atoms with E-state index >= 15 is 0 Å². The fourth-order valence-corrected chi connectivity index (χ4v) is 2.82. The van der Waals surface area contributed by atoms with Gasteiger partial charge in [0, 0.05) is 24.2 Å². The third kappa shape index (κ3) is 3.01. The first-order valence-electron chi connectivity index (χ1n) is 5.72. The van der Waals surface area contributed by atoms with Gasteiger partial charge < -0.3 is 5.32 Å². The van der Waals surface area contributed by atoms with Crippen LogP contribution in [0, 0.1) is 0 Å². The molecule has 0 spiro atoms. The van der Waals surface area contributed by atoms with Crippen LogP contribution in [-0.4, -0.2) is 32.8 Å². The fourth-order valence-electron chi connectivity index (χ4n) is 1.65. The van der Waals surface area contributed by atoms with Crippen LogP contribution in [0.5, 0.6) is 0 Å². The van der Waals surface area contributed by atoms with Crippen molar-refractivity contribution in [3.05, 3.63) is 18.5 Å². The van der Waals surface area contributed by atoms with Crippen LogP contribution in [0.1, 0.15) is 20.3 Å². The molecule has 1 aromatic heterocycles. The van der Waals surface area contributed by atoms with Crippen molar-refractivity contribution in [3.8, 4) is 0 Å². The molecule has 0 radical (unpaired) electrons. The lowest BCUT2D eigenvalue weighted by Gasteiger charge is -2.14. The third-order valence-corrected chi connectivity index (χ3v) is 3.62. The third-order valence-electron chi connectivity index (χ3n) is 2.57. The Morgan fingerprint density at radius 1 is 1.69 bits per heavy atom. The van der Waals surface area contributed by atoms with Gasteiger partial charge in [-0.05, 0) is 19.4 Å². The molecule has 0 bridgehead atoms. The molecule has 1 aromatic rings. The van der Waals surface area contributed by atoms with E-state index in [9.17, 15) is 0 Å². The predicted octanol–water partition coefficient (Wildman–Crippen LogP) is 1.74. The summed E-state index contributed by atoms with van der Waals surface area (Å²) in [6.45, 7) is 5.22. The lowest BCUT2D eigenvalue weighted by molar-refractivity contribution is 0.507. The van der Waals surface area contributed by atoms with Gasteiger partial charge in [0.1, 0.15) is 0 Å². The molecule has 0 aromatic carbocycles. The summed E-state index contributed by atoms with van der Waals surface area (Å²) >= 11 is 1.83. The van der Waals surface area contributed by atoms with Gasteiger partial charge >= 0.3 is 0 Å². The minimum atomic E-state index is 0.363. The summed E-state index contributed by atoms with van der Waals surface area (Å²) in [6.07, 6.45) is 4.92. The highest BCUT2D eigenvalue weighted by Crippen LogP contribution is 2.18. The second-order valence-electron chi connectivity index (χ2n) is 4.08. The molecule has 0 fully saturated rings. The van der Waals surface area contributed by atoms with Crippen molar-refractivity contribution >= 4 is 16.9 Å². The Balaban J connectivity index is 1.81. The first-order valence-corrected chi connectivity index (χ1v) is 6.71. The second-order valence-corrected chi connectivity index (χ2v) is 5.09. The number of amidine groups is 1. The zero-order valence-electron chi connectivity index (χ0n) is 9.76. The van der Waals surface area contributed by atoms with E-state index in [1.165, 1.54) is 0 Å². The van der Waals surface area contributed by atoms with Crippen molar-refractivity contribution in [2.45, 2.75) is 38.9 Å². The van der Waals surface area contributed by atoms with Gasteiger partial charge in [-0.3, -0.25) is 9.67 Å². The zero-order chi connectivity index (χ0) is 11.4. The van der Waals surface area contributed by atoms with Gasteiger partial charge in [-0.1, -0.05) is 18.7 Å². The fraction of sp³-hybridized carbons (Fsp3) is 0.636. The van der Waals surface area contributed by atoms with Gasteiger partial charge in [0.15, 0.2) is 5.17 Å². The van der Waals surface area contributed by atoms with E-state index in [4.69, 9.17) is 0 Å². The number of nitrogens with one attached hydrogen (secondary N) is 1. The van der Waals surface area contributed by atoms with Crippen molar-refractivity contribution in [1.29, 1.82) is 0 Å². The Hall–Kier alpha value is -0.970. The number of aliphatic imine (C=N–C) groups is 1. The van der Waals surface area contributed by atoms with Gasteiger partial charge in [0.25, 0.3) is 0 Å². The monoisotopic (exact) mass is 238 g/mol. The molecule has 4 nitrogen and oxygen atoms in total. The molecule has 2 atom stereocenters. The average molecular weight is 238 g/mol. The zero-order valence-corrected chi connectivity index (χ0v) is 10.6. The Bertz CT molecular complexity index is 347. The van der Waals surface area contributed by atoms with Gasteiger partial charge in [-0.15, -0.1) is 0 Å². The first kappa shape index (κ1) is 11.5. The molecule has 0 saturated carbocycles. The lowest BCUT2D eigenvalue weighted by Crippen LogP contribution is -2.33. The topological polar surface area (TPSA) is 42.2 Å². The van der Waals surface area contributed by atoms with E-state index in [-0.39, 0.29) is 0 Å². The summed E-state index contributed by atoms with van der Waals surface area (Å²) in [4.78, 5) is 4.61. The smallest absolute Gasteiger partial charge is 0.157 e. The molecular formula is C11H18N4S. The first-order chi connectivity index (χ1) is 7.78. The van der Waals surface area contributed by atoms with Crippen LogP contribution >= 0.6 is 11.8 Å². The highest BCUT2D eigenvalue weighted by molar-refractivity contribution is 8.14.